The van der Waals surface area contributed by atoms with Crippen molar-refractivity contribution in [1.82, 2.24) is 0 Å². The van der Waals surface area contributed by atoms with Crippen LogP contribution in [0.15, 0.2) is 51.4 Å². The zero-order valence-electron chi connectivity index (χ0n) is 10.7. The molecule has 0 amide bonds. The molecule has 0 radical (unpaired) electrons. The minimum Gasteiger partial charge on any atom is -0.455 e. The molecule has 0 aliphatic rings. The van der Waals surface area contributed by atoms with Crippen molar-refractivity contribution in [2.75, 3.05) is 0 Å². The Kier molecular flexibility index (Phi) is 3.36. The summed E-state index contributed by atoms with van der Waals surface area (Å²) in [5.41, 5.74) is 1.84. The highest BCUT2D eigenvalue weighted by molar-refractivity contribution is 9.10. The highest BCUT2D eigenvalue weighted by Crippen LogP contribution is 2.32. The maximum atomic E-state index is 13.6. The van der Waals surface area contributed by atoms with Crippen molar-refractivity contribution in [1.29, 1.82) is 0 Å². The number of halogens is 2. The summed E-state index contributed by atoms with van der Waals surface area (Å²) in [6.07, 6.45) is -0.917. The Morgan fingerprint density at radius 1 is 1.20 bits per heavy atom. The molecular weight excluding hydrogens is 323 g/mol. The van der Waals surface area contributed by atoms with Crippen LogP contribution in [0.1, 0.15) is 23.0 Å². The van der Waals surface area contributed by atoms with Crippen molar-refractivity contribution < 1.29 is 13.9 Å². The maximum absolute atomic E-state index is 13.6. The number of fused-ring (bicyclic) bond motifs is 1. The number of furan rings is 1. The molecule has 3 aromatic rings. The normalized spacial score (nSPS) is 12.8. The molecular formula is C16H12BrFO2. The van der Waals surface area contributed by atoms with Gasteiger partial charge in [-0.3, -0.25) is 0 Å². The summed E-state index contributed by atoms with van der Waals surface area (Å²) in [5.74, 6) is -0.0850. The second-order valence-corrected chi connectivity index (χ2v) is 5.52. The number of benzene rings is 2. The first kappa shape index (κ1) is 13.3. The molecule has 1 atom stereocenters. The molecule has 0 saturated carbocycles. The van der Waals surface area contributed by atoms with Crippen LogP contribution in [0.25, 0.3) is 11.0 Å². The van der Waals surface area contributed by atoms with Gasteiger partial charge in [-0.2, -0.15) is 0 Å². The monoisotopic (exact) mass is 334 g/mol. The highest BCUT2D eigenvalue weighted by Gasteiger charge is 2.19. The van der Waals surface area contributed by atoms with E-state index >= 15 is 0 Å². The predicted molar refractivity (Wildman–Crippen MR) is 79.1 cm³/mol. The molecule has 2 nitrogen and oxygen atoms in total. The van der Waals surface area contributed by atoms with Crippen LogP contribution in [0, 0.1) is 12.7 Å². The Labute approximate surface area is 124 Å². The van der Waals surface area contributed by atoms with Gasteiger partial charge in [0.25, 0.3) is 0 Å². The fourth-order valence-electron chi connectivity index (χ4n) is 2.26. The molecule has 4 heteroatoms. The molecule has 102 valence electrons. The van der Waals surface area contributed by atoms with Gasteiger partial charge in [0, 0.05) is 9.86 Å². The van der Waals surface area contributed by atoms with Gasteiger partial charge in [-0.15, -0.1) is 0 Å². The summed E-state index contributed by atoms with van der Waals surface area (Å²) in [5, 5.41) is 11.1. The van der Waals surface area contributed by atoms with E-state index in [-0.39, 0.29) is 5.58 Å². The predicted octanol–water partition coefficient (Wildman–Crippen LogP) is 4.72. The van der Waals surface area contributed by atoms with Crippen molar-refractivity contribution in [2.24, 2.45) is 0 Å². The fraction of sp³-hybridized carbons (Fsp3) is 0.125. The summed E-state index contributed by atoms with van der Waals surface area (Å²) in [6.45, 7) is 1.91. The number of rotatable bonds is 2. The van der Waals surface area contributed by atoms with E-state index in [1.165, 1.54) is 6.07 Å². The molecule has 20 heavy (non-hydrogen) atoms. The van der Waals surface area contributed by atoms with Gasteiger partial charge < -0.3 is 9.52 Å². The van der Waals surface area contributed by atoms with Crippen LogP contribution in [0.3, 0.4) is 0 Å². The summed E-state index contributed by atoms with van der Waals surface area (Å²) >= 11 is 3.43. The van der Waals surface area contributed by atoms with Crippen LogP contribution < -0.4 is 0 Å². The second-order valence-electron chi connectivity index (χ2n) is 4.66. The Hall–Kier alpha value is -1.65. The Balaban J connectivity index is 2.10. The van der Waals surface area contributed by atoms with Gasteiger partial charge in [0.15, 0.2) is 11.4 Å². The van der Waals surface area contributed by atoms with Gasteiger partial charge in [-0.05, 0) is 36.2 Å². The average Bonchev–Trinajstić information content (AvgIpc) is 2.87. The first-order valence-corrected chi connectivity index (χ1v) is 6.98. The van der Waals surface area contributed by atoms with Gasteiger partial charge in [-0.1, -0.05) is 40.2 Å². The third-order valence-corrected chi connectivity index (χ3v) is 4.25. The van der Waals surface area contributed by atoms with Gasteiger partial charge in [-0.25, -0.2) is 4.39 Å². The number of aliphatic hydroxyl groups excluding tert-OH is 1. The maximum Gasteiger partial charge on any atom is 0.170 e. The van der Waals surface area contributed by atoms with Crippen LogP contribution in [0.2, 0.25) is 0 Å². The van der Waals surface area contributed by atoms with Crippen LogP contribution >= 0.6 is 15.9 Å². The summed E-state index contributed by atoms with van der Waals surface area (Å²) < 4.78 is 20.0. The van der Waals surface area contributed by atoms with Crippen molar-refractivity contribution >= 4 is 26.9 Å². The Morgan fingerprint density at radius 3 is 2.70 bits per heavy atom. The summed E-state index contributed by atoms with van der Waals surface area (Å²) in [7, 11) is 0. The van der Waals surface area contributed by atoms with Crippen molar-refractivity contribution in [3.8, 4) is 0 Å². The molecule has 0 bridgehead atoms. The van der Waals surface area contributed by atoms with E-state index in [2.05, 4.69) is 15.9 Å². The molecule has 2 aromatic carbocycles. The zero-order chi connectivity index (χ0) is 14.3. The van der Waals surface area contributed by atoms with Crippen LogP contribution in [-0.2, 0) is 0 Å². The smallest absolute Gasteiger partial charge is 0.170 e. The molecule has 0 saturated heterocycles. The summed E-state index contributed by atoms with van der Waals surface area (Å²) in [6, 6.07) is 12.0. The average molecular weight is 335 g/mol. The SMILES string of the molecule is Cc1c(Br)cccc1C(O)c1cc2cccc(F)c2o1. The molecule has 3 rings (SSSR count). The largest absolute Gasteiger partial charge is 0.455 e. The Morgan fingerprint density at radius 2 is 1.95 bits per heavy atom. The number of hydrogen-bond donors (Lipinski definition) is 1. The lowest BCUT2D eigenvalue weighted by molar-refractivity contribution is 0.191. The minimum absolute atomic E-state index is 0.175. The number of para-hydroxylation sites is 1. The zero-order valence-corrected chi connectivity index (χ0v) is 12.3. The van der Waals surface area contributed by atoms with Crippen molar-refractivity contribution in [3.63, 3.8) is 0 Å². The molecule has 1 aromatic heterocycles. The molecule has 0 aliphatic carbocycles. The van der Waals surface area contributed by atoms with E-state index in [0.717, 1.165) is 15.6 Å². The van der Waals surface area contributed by atoms with Crippen molar-refractivity contribution in [3.05, 3.63) is 69.6 Å². The van der Waals surface area contributed by atoms with E-state index in [4.69, 9.17) is 4.42 Å². The molecule has 1 heterocycles. The van der Waals surface area contributed by atoms with Gasteiger partial charge in [0.1, 0.15) is 11.9 Å². The third kappa shape index (κ3) is 2.15. The second kappa shape index (κ2) is 5.04. The van der Waals surface area contributed by atoms with E-state index in [9.17, 15) is 9.50 Å². The topological polar surface area (TPSA) is 33.4 Å². The first-order chi connectivity index (χ1) is 9.58. The lowest BCUT2D eigenvalue weighted by Gasteiger charge is -2.12. The van der Waals surface area contributed by atoms with Gasteiger partial charge in [0.05, 0.1) is 0 Å². The quantitative estimate of drug-likeness (QED) is 0.735. The van der Waals surface area contributed by atoms with E-state index < -0.39 is 11.9 Å². The number of hydrogen-bond acceptors (Lipinski definition) is 2. The lowest BCUT2D eigenvalue weighted by atomic mass is 10.0. The van der Waals surface area contributed by atoms with E-state index in [1.807, 2.05) is 25.1 Å². The molecule has 0 spiro atoms. The minimum atomic E-state index is -0.917. The van der Waals surface area contributed by atoms with Crippen molar-refractivity contribution in [2.45, 2.75) is 13.0 Å². The van der Waals surface area contributed by atoms with Crippen LogP contribution in [0.5, 0.6) is 0 Å². The molecule has 1 unspecified atom stereocenters. The molecule has 1 N–H and O–H groups in total. The fourth-order valence-corrected chi connectivity index (χ4v) is 2.64. The van der Waals surface area contributed by atoms with E-state index in [0.29, 0.717) is 11.1 Å². The standard InChI is InChI=1S/C16H12BrFO2/c1-9-11(5-3-6-12(9)17)15(19)14-8-10-4-2-7-13(18)16(10)20-14/h2-8,15,19H,1H3. The summed E-state index contributed by atoms with van der Waals surface area (Å²) in [4.78, 5) is 0. The van der Waals surface area contributed by atoms with E-state index in [1.54, 1.807) is 18.2 Å². The lowest BCUT2D eigenvalue weighted by Crippen LogP contribution is -2.00. The molecule has 0 aliphatic heterocycles. The third-order valence-electron chi connectivity index (χ3n) is 3.39. The highest BCUT2D eigenvalue weighted by atomic mass is 79.9. The first-order valence-electron chi connectivity index (χ1n) is 6.19. The molecule has 0 fully saturated rings. The number of aliphatic hydroxyl groups is 1. The Bertz CT molecular complexity index is 779. The van der Waals surface area contributed by atoms with Gasteiger partial charge >= 0.3 is 0 Å². The van der Waals surface area contributed by atoms with Crippen LogP contribution in [-0.4, -0.2) is 5.11 Å². The van der Waals surface area contributed by atoms with Crippen LogP contribution in [0.4, 0.5) is 4.39 Å². The van der Waals surface area contributed by atoms with Gasteiger partial charge in [0.2, 0.25) is 0 Å².